The van der Waals surface area contributed by atoms with E-state index in [9.17, 15) is 4.79 Å². The van der Waals surface area contributed by atoms with E-state index in [1.54, 1.807) is 6.92 Å². The normalized spacial score (nSPS) is 18.0. The van der Waals surface area contributed by atoms with Crippen molar-refractivity contribution in [2.75, 3.05) is 13.1 Å². The fourth-order valence-corrected chi connectivity index (χ4v) is 3.37. The van der Waals surface area contributed by atoms with Crippen LogP contribution in [-0.2, 0) is 6.54 Å². The Morgan fingerprint density at radius 3 is 3.04 bits per heavy atom. The molecule has 130 valence electrons. The molecule has 0 spiro atoms. The van der Waals surface area contributed by atoms with Gasteiger partial charge in [0, 0.05) is 38.0 Å². The molecule has 0 N–H and O–H groups in total. The lowest BCUT2D eigenvalue weighted by Gasteiger charge is -2.31. The molecule has 2 aromatic heterocycles. The maximum absolute atomic E-state index is 12.9. The number of hydrogen-bond donors (Lipinski definition) is 0. The molecule has 1 fully saturated rings. The molecular weight excluding hydrogens is 320 g/mol. The summed E-state index contributed by atoms with van der Waals surface area (Å²) in [5.41, 5.74) is 2.33. The van der Waals surface area contributed by atoms with Crippen LogP contribution >= 0.6 is 0 Å². The van der Waals surface area contributed by atoms with Crippen LogP contribution in [0.4, 0.5) is 0 Å². The molecule has 3 aromatic rings. The smallest absolute Gasteiger partial charge is 0.253 e. The average molecular weight is 340 g/mol. The molecule has 0 bridgehead atoms. The van der Waals surface area contributed by atoms with Crippen LogP contribution in [0.3, 0.4) is 0 Å². The van der Waals surface area contributed by atoms with E-state index in [2.05, 4.69) is 20.5 Å². The van der Waals surface area contributed by atoms with Gasteiger partial charge in [-0.3, -0.25) is 4.79 Å². The molecule has 1 unspecified atom stereocenters. The van der Waals surface area contributed by atoms with Crippen LogP contribution < -0.4 is 0 Å². The second-order valence-electron chi connectivity index (χ2n) is 6.37. The standard InChI is InChI=1S/C17H20N6O2/c1-3-23-15-7-6-12(9-14(15)19-21-23)17(24)22-8-4-5-13(10-22)16-18-11(2)25-20-16/h6-7,9,13H,3-5,8,10H2,1-2H3. The molecule has 4 rings (SSSR count). The zero-order chi connectivity index (χ0) is 17.4. The largest absolute Gasteiger partial charge is 0.340 e. The number of hydrogen-bond acceptors (Lipinski definition) is 6. The van der Waals surface area contributed by atoms with Gasteiger partial charge in [0.05, 0.1) is 5.52 Å². The van der Waals surface area contributed by atoms with Gasteiger partial charge in [-0.15, -0.1) is 5.10 Å². The Hall–Kier alpha value is -2.77. The maximum Gasteiger partial charge on any atom is 0.253 e. The predicted molar refractivity (Wildman–Crippen MR) is 90.1 cm³/mol. The van der Waals surface area contributed by atoms with Gasteiger partial charge in [-0.05, 0) is 38.0 Å². The molecule has 1 amide bonds. The minimum Gasteiger partial charge on any atom is -0.340 e. The van der Waals surface area contributed by atoms with Crippen LogP contribution in [0.25, 0.3) is 11.0 Å². The third-order valence-corrected chi connectivity index (χ3v) is 4.68. The monoisotopic (exact) mass is 340 g/mol. The zero-order valence-corrected chi connectivity index (χ0v) is 14.3. The first kappa shape index (κ1) is 15.7. The molecule has 0 radical (unpaired) electrons. The minimum absolute atomic E-state index is 0.0119. The van der Waals surface area contributed by atoms with E-state index in [0.29, 0.717) is 23.8 Å². The number of rotatable bonds is 3. The lowest BCUT2D eigenvalue weighted by Crippen LogP contribution is -2.39. The van der Waals surface area contributed by atoms with Crippen LogP contribution in [0.2, 0.25) is 0 Å². The summed E-state index contributed by atoms with van der Waals surface area (Å²) in [4.78, 5) is 19.1. The lowest BCUT2D eigenvalue weighted by molar-refractivity contribution is 0.0703. The fraction of sp³-hybridized carbons (Fsp3) is 0.471. The van der Waals surface area contributed by atoms with Gasteiger partial charge in [-0.2, -0.15) is 4.98 Å². The number of carbonyl (C=O) groups excluding carboxylic acids is 1. The molecule has 0 saturated carbocycles. The van der Waals surface area contributed by atoms with Gasteiger partial charge in [0.1, 0.15) is 5.52 Å². The van der Waals surface area contributed by atoms with Gasteiger partial charge in [0.15, 0.2) is 5.82 Å². The number of benzene rings is 1. The maximum atomic E-state index is 12.9. The second-order valence-corrected chi connectivity index (χ2v) is 6.37. The molecule has 1 saturated heterocycles. The molecule has 25 heavy (non-hydrogen) atoms. The molecule has 0 aliphatic carbocycles. The number of likely N-dealkylation sites (tertiary alicyclic amines) is 1. The summed E-state index contributed by atoms with van der Waals surface area (Å²) in [7, 11) is 0. The highest BCUT2D eigenvalue weighted by molar-refractivity contribution is 5.97. The Morgan fingerprint density at radius 1 is 1.40 bits per heavy atom. The lowest BCUT2D eigenvalue weighted by atomic mass is 9.96. The Kier molecular flexibility index (Phi) is 3.95. The molecule has 1 aliphatic rings. The van der Waals surface area contributed by atoms with Gasteiger partial charge < -0.3 is 9.42 Å². The number of fused-ring (bicyclic) bond motifs is 1. The number of piperidine rings is 1. The average Bonchev–Trinajstić information content (AvgIpc) is 3.26. The third-order valence-electron chi connectivity index (χ3n) is 4.68. The molecule has 1 aliphatic heterocycles. The Balaban J connectivity index is 1.55. The van der Waals surface area contributed by atoms with Crippen LogP contribution in [0.1, 0.15) is 47.8 Å². The topological polar surface area (TPSA) is 89.9 Å². The van der Waals surface area contributed by atoms with Crippen LogP contribution in [-0.4, -0.2) is 49.0 Å². The predicted octanol–water partition coefficient (Wildman–Crippen LogP) is 2.16. The third kappa shape index (κ3) is 2.88. The molecule has 8 heteroatoms. The summed E-state index contributed by atoms with van der Waals surface area (Å²) in [6, 6.07) is 5.58. The summed E-state index contributed by atoms with van der Waals surface area (Å²) >= 11 is 0. The Labute approximate surface area is 144 Å². The van der Waals surface area contributed by atoms with Crippen molar-refractivity contribution in [2.45, 2.75) is 39.2 Å². The first-order chi connectivity index (χ1) is 12.2. The first-order valence-corrected chi connectivity index (χ1v) is 8.58. The SMILES string of the molecule is CCn1nnc2cc(C(=O)N3CCCC(c4noc(C)n4)C3)ccc21. The van der Waals surface area contributed by atoms with E-state index >= 15 is 0 Å². The van der Waals surface area contributed by atoms with Crippen LogP contribution in [0.5, 0.6) is 0 Å². The highest BCUT2D eigenvalue weighted by atomic mass is 16.5. The minimum atomic E-state index is 0.0119. The number of aromatic nitrogens is 5. The van der Waals surface area contributed by atoms with E-state index in [-0.39, 0.29) is 11.8 Å². The summed E-state index contributed by atoms with van der Waals surface area (Å²) in [5, 5.41) is 12.3. The van der Waals surface area contributed by atoms with Gasteiger partial charge in [-0.1, -0.05) is 10.4 Å². The van der Waals surface area contributed by atoms with E-state index in [1.807, 2.05) is 34.7 Å². The van der Waals surface area contributed by atoms with Gasteiger partial charge in [0.25, 0.3) is 5.91 Å². The molecule has 1 aromatic carbocycles. The summed E-state index contributed by atoms with van der Waals surface area (Å²) in [6.07, 6.45) is 1.89. The quantitative estimate of drug-likeness (QED) is 0.726. The van der Waals surface area contributed by atoms with Gasteiger partial charge in [-0.25, -0.2) is 4.68 Å². The molecule has 3 heterocycles. The van der Waals surface area contributed by atoms with Crippen LogP contribution in [0.15, 0.2) is 22.7 Å². The van der Waals surface area contributed by atoms with Gasteiger partial charge >= 0.3 is 0 Å². The van der Waals surface area contributed by atoms with Crippen molar-refractivity contribution in [3.8, 4) is 0 Å². The summed E-state index contributed by atoms with van der Waals surface area (Å²) in [6.45, 7) is 5.90. The fourth-order valence-electron chi connectivity index (χ4n) is 3.37. The van der Waals surface area contributed by atoms with Crippen molar-refractivity contribution in [1.29, 1.82) is 0 Å². The Morgan fingerprint density at radius 2 is 2.28 bits per heavy atom. The number of amides is 1. The van der Waals surface area contributed by atoms with E-state index < -0.39 is 0 Å². The van der Waals surface area contributed by atoms with Crippen molar-refractivity contribution in [3.05, 3.63) is 35.5 Å². The van der Waals surface area contributed by atoms with Crippen molar-refractivity contribution in [1.82, 2.24) is 30.0 Å². The second kappa shape index (κ2) is 6.27. The first-order valence-electron chi connectivity index (χ1n) is 8.58. The van der Waals surface area contributed by atoms with Crippen LogP contribution in [0, 0.1) is 6.92 Å². The van der Waals surface area contributed by atoms with E-state index in [0.717, 1.165) is 37.0 Å². The number of nitrogens with zero attached hydrogens (tertiary/aromatic N) is 6. The molecule has 8 nitrogen and oxygen atoms in total. The highest BCUT2D eigenvalue weighted by Crippen LogP contribution is 2.26. The molecule has 1 atom stereocenters. The highest BCUT2D eigenvalue weighted by Gasteiger charge is 2.28. The van der Waals surface area contributed by atoms with E-state index in [4.69, 9.17) is 4.52 Å². The van der Waals surface area contributed by atoms with Crippen molar-refractivity contribution < 1.29 is 9.32 Å². The van der Waals surface area contributed by atoms with Crippen molar-refractivity contribution in [3.63, 3.8) is 0 Å². The molecular formula is C17H20N6O2. The Bertz CT molecular complexity index is 915. The van der Waals surface area contributed by atoms with Gasteiger partial charge in [0.2, 0.25) is 5.89 Å². The summed E-state index contributed by atoms with van der Waals surface area (Å²) < 4.78 is 6.90. The number of carbonyl (C=O) groups is 1. The zero-order valence-electron chi connectivity index (χ0n) is 14.3. The van der Waals surface area contributed by atoms with E-state index in [1.165, 1.54) is 0 Å². The van der Waals surface area contributed by atoms with Crippen molar-refractivity contribution in [2.24, 2.45) is 0 Å². The van der Waals surface area contributed by atoms with Crippen molar-refractivity contribution >= 4 is 16.9 Å². The number of aryl methyl sites for hydroxylation is 2. The summed E-state index contributed by atoms with van der Waals surface area (Å²) in [5.74, 6) is 1.39.